The molecule has 1 N–H and O–H groups in total. The Morgan fingerprint density at radius 2 is 1.47 bits per heavy atom. The molecule has 1 aliphatic carbocycles. The Balaban J connectivity index is 1.80. The molecule has 0 radical (unpaired) electrons. The van der Waals surface area contributed by atoms with Crippen LogP contribution >= 0.6 is 0 Å². The SMILES string of the molecule is CON(C)C(=O)C1CCC(CC(C)(C)[Si](O)(c2ccccc2)c2ccccc2)CC1. The molecule has 0 aromatic heterocycles. The molecule has 4 nitrogen and oxygen atoms in total. The van der Waals surface area contributed by atoms with Crippen LogP contribution in [-0.2, 0) is 9.63 Å². The maximum Gasteiger partial charge on any atom is 0.258 e. The molecule has 1 amide bonds. The summed E-state index contributed by atoms with van der Waals surface area (Å²) >= 11 is 0. The Labute approximate surface area is 182 Å². The molecule has 0 spiro atoms. The predicted molar refractivity (Wildman–Crippen MR) is 124 cm³/mol. The van der Waals surface area contributed by atoms with Crippen LogP contribution in [0.3, 0.4) is 0 Å². The highest BCUT2D eigenvalue weighted by molar-refractivity contribution is 6.98. The molecule has 3 rings (SSSR count). The van der Waals surface area contributed by atoms with Crippen molar-refractivity contribution in [3.63, 3.8) is 0 Å². The first-order valence-corrected chi connectivity index (χ1v) is 12.9. The zero-order chi connectivity index (χ0) is 21.8. The number of rotatable bonds is 7. The van der Waals surface area contributed by atoms with Gasteiger partial charge >= 0.3 is 0 Å². The molecular weight excluding hydrogens is 390 g/mol. The van der Waals surface area contributed by atoms with Gasteiger partial charge in [-0.3, -0.25) is 9.63 Å². The molecule has 0 aliphatic heterocycles. The molecule has 162 valence electrons. The highest BCUT2D eigenvalue weighted by Gasteiger charge is 2.50. The predicted octanol–water partition coefficient (Wildman–Crippen LogP) is 3.74. The summed E-state index contributed by atoms with van der Waals surface area (Å²) in [6, 6.07) is 20.4. The zero-order valence-electron chi connectivity index (χ0n) is 18.7. The molecule has 0 unspecified atom stereocenters. The summed E-state index contributed by atoms with van der Waals surface area (Å²) in [5.41, 5.74) is 0. The molecule has 2 aromatic carbocycles. The van der Waals surface area contributed by atoms with Crippen LogP contribution in [-0.4, -0.2) is 38.2 Å². The quantitative estimate of drug-likeness (QED) is 0.543. The third-order valence-corrected chi connectivity index (χ3v) is 11.4. The van der Waals surface area contributed by atoms with Gasteiger partial charge in [0.25, 0.3) is 8.32 Å². The molecule has 1 aliphatic rings. The van der Waals surface area contributed by atoms with Crippen molar-refractivity contribution >= 4 is 24.6 Å². The molecule has 1 fully saturated rings. The normalized spacial score (nSPS) is 20.0. The van der Waals surface area contributed by atoms with Crippen molar-refractivity contribution in [3.8, 4) is 0 Å². The van der Waals surface area contributed by atoms with E-state index in [1.807, 2.05) is 36.4 Å². The van der Waals surface area contributed by atoms with Crippen molar-refractivity contribution < 1.29 is 14.4 Å². The second-order valence-corrected chi connectivity index (χ2v) is 13.2. The molecule has 0 bridgehead atoms. The van der Waals surface area contributed by atoms with Gasteiger partial charge in [-0.2, -0.15) is 0 Å². The topological polar surface area (TPSA) is 49.8 Å². The summed E-state index contributed by atoms with van der Waals surface area (Å²) in [7, 11) is 0.245. The van der Waals surface area contributed by atoms with Gasteiger partial charge in [0.15, 0.2) is 0 Å². The van der Waals surface area contributed by atoms with E-state index in [9.17, 15) is 9.59 Å². The number of hydrogen-bond donors (Lipinski definition) is 1. The maximum atomic E-state index is 12.4. The third-order valence-electron chi connectivity index (χ3n) is 6.94. The number of hydroxylamine groups is 2. The van der Waals surface area contributed by atoms with Crippen molar-refractivity contribution in [3.05, 3.63) is 60.7 Å². The summed E-state index contributed by atoms with van der Waals surface area (Å²) in [5, 5.41) is 3.24. The van der Waals surface area contributed by atoms with Gasteiger partial charge in [0.1, 0.15) is 0 Å². The number of amides is 1. The van der Waals surface area contributed by atoms with Crippen molar-refractivity contribution in [1.29, 1.82) is 0 Å². The van der Waals surface area contributed by atoms with Gasteiger partial charge in [0, 0.05) is 13.0 Å². The van der Waals surface area contributed by atoms with Crippen LogP contribution in [0.4, 0.5) is 0 Å². The van der Waals surface area contributed by atoms with Crippen LogP contribution in [0, 0.1) is 11.8 Å². The lowest BCUT2D eigenvalue weighted by molar-refractivity contribution is -0.174. The lowest BCUT2D eigenvalue weighted by atomic mass is 9.78. The average Bonchev–Trinajstić information content (AvgIpc) is 2.78. The highest BCUT2D eigenvalue weighted by atomic mass is 28.4. The number of carbonyl (C=O) groups is 1. The molecule has 0 heterocycles. The van der Waals surface area contributed by atoms with E-state index in [-0.39, 0.29) is 16.9 Å². The first kappa shape index (κ1) is 22.7. The second kappa shape index (κ2) is 9.46. The first-order valence-electron chi connectivity index (χ1n) is 10.9. The van der Waals surface area contributed by atoms with Crippen LogP contribution < -0.4 is 10.4 Å². The van der Waals surface area contributed by atoms with E-state index in [0.717, 1.165) is 42.5 Å². The van der Waals surface area contributed by atoms with Crippen molar-refractivity contribution in [2.24, 2.45) is 11.8 Å². The van der Waals surface area contributed by atoms with Gasteiger partial charge in [-0.15, -0.1) is 0 Å². The molecule has 0 saturated heterocycles. The van der Waals surface area contributed by atoms with Gasteiger partial charge < -0.3 is 4.80 Å². The van der Waals surface area contributed by atoms with E-state index in [4.69, 9.17) is 4.84 Å². The van der Waals surface area contributed by atoms with E-state index >= 15 is 0 Å². The fourth-order valence-electron chi connectivity index (χ4n) is 5.14. The van der Waals surface area contributed by atoms with Gasteiger partial charge in [-0.1, -0.05) is 74.5 Å². The summed E-state index contributed by atoms with van der Waals surface area (Å²) in [6.45, 7) is 4.46. The Bertz CT molecular complexity index is 777. The summed E-state index contributed by atoms with van der Waals surface area (Å²) < 4.78 is 0. The first-order chi connectivity index (χ1) is 14.3. The van der Waals surface area contributed by atoms with E-state index in [1.54, 1.807) is 7.05 Å². The number of benzene rings is 2. The molecule has 0 atom stereocenters. The minimum absolute atomic E-state index is 0.0497. The molecule has 5 heteroatoms. The van der Waals surface area contributed by atoms with Crippen LogP contribution in [0.5, 0.6) is 0 Å². The van der Waals surface area contributed by atoms with E-state index < -0.39 is 8.32 Å². The summed E-state index contributed by atoms with van der Waals surface area (Å²) in [4.78, 5) is 29.8. The minimum atomic E-state index is -2.97. The number of carbonyl (C=O) groups excluding carboxylic acids is 1. The average molecular weight is 426 g/mol. The monoisotopic (exact) mass is 425 g/mol. The summed E-state index contributed by atoms with van der Waals surface area (Å²) in [5.74, 6) is 0.645. The highest BCUT2D eigenvalue weighted by Crippen LogP contribution is 2.45. The molecule has 1 saturated carbocycles. The Hall–Kier alpha value is -1.95. The van der Waals surface area contributed by atoms with Crippen LogP contribution in [0.2, 0.25) is 5.04 Å². The minimum Gasteiger partial charge on any atom is -0.424 e. The van der Waals surface area contributed by atoms with E-state index in [2.05, 4.69) is 38.1 Å². The van der Waals surface area contributed by atoms with Crippen LogP contribution in [0.15, 0.2) is 60.7 Å². The maximum absolute atomic E-state index is 12.4. The fourth-order valence-corrected chi connectivity index (χ4v) is 8.97. The second-order valence-electron chi connectivity index (χ2n) is 9.27. The van der Waals surface area contributed by atoms with Crippen molar-refractivity contribution in [2.45, 2.75) is 51.0 Å². The molecule has 2 aromatic rings. The van der Waals surface area contributed by atoms with Crippen molar-refractivity contribution in [1.82, 2.24) is 5.06 Å². The smallest absolute Gasteiger partial charge is 0.258 e. The third kappa shape index (κ3) is 4.53. The number of hydrogen-bond acceptors (Lipinski definition) is 3. The van der Waals surface area contributed by atoms with Gasteiger partial charge in [-0.25, -0.2) is 5.06 Å². The number of nitrogens with zero attached hydrogens (tertiary/aromatic N) is 1. The van der Waals surface area contributed by atoms with Crippen LogP contribution in [0.1, 0.15) is 46.0 Å². The van der Waals surface area contributed by atoms with Crippen LogP contribution in [0.25, 0.3) is 0 Å². The lowest BCUT2D eigenvalue weighted by Crippen LogP contribution is -2.65. The standard InChI is InChI=1S/C25H35NO3Si/c1-25(2,19-20-15-17-21(18-16-20)24(27)26(3)29-4)30(28,22-11-7-5-8-12-22)23-13-9-6-10-14-23/h5-14,20-21,28H,15-19H2,1-4H3. The molecule has 30 heavy (non-hydrogen) atoms. The lowest BCUT2D eigenvalue weighted by Gasteiger charge is -2.44. The Morgan fingerprint density at radius 3 is 1.90 bits per heavy atom. The Morgan fingerprint density at radius 1 is 1.00 bits per heavy atom. The van der Waals surface area contributed by atoms with Crippen molar-refractivity contribution in [2.75, 3.05) is 14.2 Å². The van der Waals surface area contributed by atoms with E-state index in [1.165, 1.54) is 12.2 Å². The fraction of sp³-hybridized carbons (Fsp3) is 0.480. The van der Waals surface area contributed by atoms with Gasteiger partial charge in [-0.05, 0) is 53.4 Å². The van der Waals surface area contributed by atoms with Gasteiger partial charge in [0.2, 0.25) is 5.91 Å². The summed E-state index contributed by atoms with van der Waals surface area (Å²) in [6.07, 6.45) is 4.78. The van der Waals surface area contributed by atoms with Gasteiger partial charge in [0.05, 0.1) is 7.11 Å². The zero-order valence-corrected chi connectivity index (χ0v) is 19.7. The molecular formula is C25H35NO3Si. The van der Waals surface area contributed by atoms with E-state index in [0.29, 0.717) is 5.92 Å². The largest absolute Gasteiger partial charge is 0.424 e. The Kier molecular flexibility index (Phi) is 7.16.